The van der Waals surface area contributed by atoms with E-state index in [1.54, 1.807) is 0 Å². The lowest BCUT2D eigenvalue weighted by atomic mass is 10.1. The smallest absolute Gasteiger partial charge is 0.225 e. The van der Waals surface area contributed by atoms with Crippen LogP contribution in [0.4, 0.5) is 5.95 Å². The van der Waals surface area contributed by atoms with Gasteiger partial charge in [-0.05, 0) is 51.0 Å². The minimum atomic E-state index is 0.359. The van der Waals surface area contributed by atoms with Gasteiger partial charge in [0, 0.05) is 30.5 Å². The number of fused-ring (bicyclic) bond motifs is 1. The number of rotatable bonds is 1. The van der Waals surface area contributed by atoms with E-state index in [1.807, 2.05) is 0 Å². The third kappa shape index (κ3) is 2.73. The van der Waals surface area contributed by atoms with Crippen LogP contribution in [0.5, 0.6) is 0 Å². The Kier molecular flexibility index (Phi) is 3.69. The molecule has 2 N–H and O–H groups in total. The van der Waals surface area contributed by atoms with E-state index in [2.05, 4.69) is 11.8 Å². The van der Waals surface area contributed by atoms with E-state index in [0.717, 1.165) is 44.7 Å². The van der Waals surface area contributed by atoms with E-state index in [1.165, 1.54) is 36.2 Å². The molecule has 1 aromatic rings. The first kappa shape index (κ1) is 12.9. The van der Waals surface area contributed by atoms with E-state index in [0.29, 0.717) is 6.04 Å². The average molecular weight is 260 g/mol. The Labute approximate surface area is 115 Å². The second-order valence-corrected chi connectivity index (χ2v) is 5.92. The zero-order chi connectivity index (χ0) is 13.2. The van der Waals surface area contributed by atoms with Crippen LogP contribution in [0.3, 0.4) is 0 Å². The number of aromatic nitrogens is 2. The van der Waals surface area contributed by atoms with Crippen LogP contribution in [0, 0.1) is 6.92 Å². The van der Waals surface area contributed by atoms with Crippen molar-refractivity contribution in [1.29, 1.82) is 0 Å². The molecule has 0 amide bonds. The quantitative estimate of drug-likeness (QED) is 0.785. The first-order chi connectivity index (χ1) is 9.24. The van der Waals surface area contributed by atoms with Crippen molar-refractivity contribution in [3.05, 3.63) is 17.0 Å². The predicted molar refractivity (Wildman–Crippen MR) is 77.5 cm³/mol. The van der Waals surface area contributed by atoms with Crippen LogP contribution < -0.4 is 10.6 Å². The summed E-state index contributed by atoms with van der Waals surface area (Å²) in [5.41, 5.74) is 9.87. The lowest BCUT2D eigenvalue weighted by Gasteiger charge is -2.30. The summed E-state index contributed by atoms with van der Waals surface area (Å²) in [5, 5.41) is 0. The number of aryl methyl sites for hydroxylation is 2. The van der Waals surface area contributed by atoms with E-state index >= 15 is 0 Å². The van der Waals surface area contributed by atoms with Gasteiger partial charge in [0.05, 0.1) is 0 Å². The monoisotopic (exact) mass is 260 g/mol. The third-order valence-corrected chi connectivity index (χ3v) is 4.45. The van der Waals surface area contributed by atoms with Crippen LogP contribution in [0.2, 0.25) is 0 Å². The molecule has 0 atom stereocenters. The van der Waals surface area contributed by atoms with Crippen molar-refractivity contribution in [3.8, 4) is 0 Å². The lowest BCUT2D eigenvalue weighted by molar-refractivity contribution is 0.494. The van der Waals surface area contributed by atoms with Gasteiger partial charge in [0.25, 0.3) is 0 Å². The van der Waals surface area contributed by atoms with Gasteiger partial charge < -0.3 is 10.6 Å². The maximum Gasteiger partial charge on any atom is 0.225 e. The van der Waals surface area contributed by atoms with Crippen molar-refractivity contribution in [2.75, 3.05) is 18.0 Å². The van der Waals surface area contributed by atoms with Crippen molar-refractivity contribution in [3.63, 3.8) is 0 Å². The fourth-order valence-electron chi connectivity index (χ4n) is 3.18. The second-order valence-electron chi connectivity index (χ2n) is 5.92. The number of piperidine rings is 1. The van der Waals surface area contributed by atoms with Gasteiger partial charge in [0.15, 0.2) is 0 Å². The van der Waals surface area contributed by atoms with Gasteiger partial charge in [-0.2, -0.15) is 0 Å². The normalized spacial score (nSPS) is 21.1. The first-order valence-electron chi connectivity index (χ1n) is 7.61. The molecule has 1 fully saturated rings. The van der Waals surface area contributed by atoms with Gasteiger partial charge in [0.1, 0.15) is 0 Å². The molecule has 0 spiro atoms. The molecule has 104 valence electrons. The lowest BCUT2D eigenvalue weighted by Crippen LogP contribution is -2.40. The largest absolute Gasteiger partial charge is 0.341 e. The van der Waals surface area contributed by atoms with Gasteiger partial charge >= 0.3 is 0 Å². The van der Waals surface area contributed by atoms with Crippen LogP contribution in [-0.2, 0) is 12.8 Å². The molecule has 1 aromatic heterocycles. The molecular formula is C15H24N4. The molecule has 1 aliphatic heterocycles. The molecule has 3 rings (SSSR count). The first-order valence-corrected chi connectivity index (χ1v) is 7.61. The van der Waals surface area contributed by atoms with E-state index in [-0.39, 0.29) is 0 Å². The molecule has 4 nitrogen and oxygen atoms in total. The highest BCUT2D eigenvalue weighted by Gasteiger charge is 2.21. The highest BCUT2D eigenvalue weighted by molar-refractivity contribution is 5.38. The van der Waals surface area contributed by atoms with Gasteiger partial charge in [-0.25, -0.2) is 9.97 Å². The fraction of sp³-hybridized carbons (Fsp3) is 0.733. The number of hydrogen-bond acceptors (Lipinski definition) is 4. The number of nitrogens with two attached hydrogens (primary N) is 1. The number of hydrogen-bond donors (Lipinski definition) is 1. The molecule has 0 bridgehead atoms. The SMILES string of the molecule is Cc1nc(N2CCC(N)CC2)nc2c1CCCCC2. The van der Waals surface area contributed by atoms with Crippen molar-refractivity contribution >= 4 is 5.95 Å². The Morgan fingerprint density at radius 2 is 1.79 bits per heavy atom. The Balaban J connectivity index is 1.86. The van der Waals surface area contributed by atoms with Gasteiger partial charge in [0.2, 0.25) is 5.95 Å². The summed E-state index contributed by atoms with van der Waals surface area (Å²) in [6, 6.07) is 0.359. The van der Waals surface area contributed by atoms with Gasteiger partial charge in [-0.1, -0.05) is 6.42 Å². The molecule has 1 saturated heterocycles. The van der Waals surface area contributed by atoms with Crippen molar-refractivity contribution < 1.29 is 0 Å². The van der Waals surface area contributed by atoms with Gasteiger partial charge in [-0.3, -0.25) is 0 Å². The summed E-state index contributed by atoms with van der Waals surface area (Å²) >= 11 is 0. The summed E-state index contributed by atoms with van der Waals surface area (Å²) in [6.07, 6.45) is 8.27. The number of nitrogens with zero attached hydrogens (tertiary/aromatic N) is 3. The average Bonchev–Trinajstić information content (AvgIpc) is 2.65. The molecule has 19 heavy (non-hydrogen) atoms. The Bertz CT molecular complexity index is 450. The minimum Gasteiger partial charge on any atom is -0.341 e. The van der Waals surface area contributed by atoms with Crippen LogP contribution in [0.25, 0.3) is 0 Å². The Morgan fingerprint density at radius 1 is 1.05 bits per heavy atom. The summed E-state index contributed by atoms with van der Waals surface area (Å²) in [6.45, 7) is 4.14. The number of anilines is 1. The Morgan fingerprint density at radius 3 is 2.58 bits per heavy atom. The zero-order valence-electron chi connectivity index (χ0n) is 11.9. The van der Waals surface area contributed by atoms with E-state index in [9.17, 15) is 0 Å². The van der Waals surface area contributed by atoms with Crippen molar-refractivity contribution in [2.24, 2.45) is 5.73 Å². The van der Waals surface area contributed by atoms with E-state index < -0.39 is 0 Å². The second kappa shape index (κ2) is 5.45. The molecule has 2 heterocycles. The zero-order valence-corrected chi connectivity index (χ0v) is 11.9. The minimum absolute atomic E-state index is 0.359. The standard InChI is InChI=1S/C15H24N4/c1-11-13-5-3-2-4-6-14(13)18-15(17-11)19-9-7-12(16)8-10-19/h12H,2-10,16H2,1H3. The molecule has 1 aliphatic carbocycles. The highest BCUT2D eigenvalue weighted by atomic mass is 15.3. The van der Waals surface area contributed by atoms with Crippen LogP contribution in [0.15, 0.2) is 0 Å². The van der Waals surface area contributed by atoms with Crippen LogP contribution >= 0.6 is 0 Å². The maximum absolute atomic E-state index is 5.97. The molecule has 0 saturated carbocycles. The molecular weight excluding hydrogens is 236 g/mol. The molecule has 4 heteroatoms. The predicted octanol–water partition coefficient (Wildman–Crippen LogP) is 1.98. The third-order valence-electron chi connectivity index (χ3n) is 4.45. The van der Waals surface area contributed by atoms with Gasteiger partial charge in [-0.15, -0.1) is 0 Å². The molecule has 2 aliphatic rings. The molecule has 0 radical (unpaired) electrons. The highest BCUT2D eigenvalue weighted by Crippen LogP contribution is 2.24. The van der Waals surface area contributed by atoms with Crippen molar-refractivity contribution in [2.45, 2.75) is 57.9 Å². The van der Waals surface area contributed by atoms with Crippen LogP contribution in [0.1, 0.15) is 49.1 Å². The molecule has 0 aromatic carbocycles. The Hall–Kier alpha value is -1.16. The molecule has 0 unspecified atom stereocenters. The fourth-order valence-corrected chi connectivity index (χ4v) is 3.18. The maximum atomic E-state index is 5.97. The van der Waals surface area contributed by atoms with Crippen molar-refractivity contribution in [1.82, 2.24) is 9.97 Å². The van der Waals surface area contributed by atoms with E-state index in [4.69, 9.17) is 15.7 Å². The summed E-state index contributed by atoms with van der Waals surface area (Å²) in [5.74, 6) is 0.935. The van der Waals surface area contributed by atoms with Crippen LogP contribution in [-0.4, -0.2) is 29.1 Å². The summed E-state index contributed by atoms with van der Waals surface area (Å²) < 4.78 is 0. The topological polar surface area (TPSA) is 55.0 Å². The summed E-state index contributed by atoms with van der Waals surface area (Å²) in [7, 11) is 0. The summed E-state index contributed by atoms with van der Waals surface area (Å²) in [4.78, 5) is 11.9.